The molecule has 2 aromatic heterocycles. The second-order valence-electron chi connectivity index (χ2n) is 8.46. The van der Waals surface area contributed by atoms with Crippen LogP contribution in [0.4, 0.5) is 0 Å². The molecule has 1 unspecified atom stereocenters. The van der Waals surface area contributed by atoms with Crippen LogP contribution in [0, 0.1) is 0 Å². The average molecular weight is 434 g/mol. The third-order valence-electron chi connectivity index (χ3n) is 6.60. The third kappa shape index (κ3) is 2.69. The van der Waals surface area contributed by atoms with Gasteiger partial charge in [0.1, 0.15) is 6.61 Å². The van der Waals surface area contributed by atoms with Crippen molar-refractivity contribution in [1.82, 2.24) is 9.55 Å². The molecule has 3 aliphatic rings. The molecule has 0 bridgehead atoms. The van der Waals surface area contributed by atoms with E-state index in [1.807, 2.05) is 12.1 Å². The van der Waals surface area contributed by atoms with Crippen LogP contribution in [0.25, 0.3) is 22.3 Å². The highest BCUT2D eigenvalue weighted by atomic mass is 16.7. The van der Waals surface area contributed by atoms with E-state index in [9.17, 15) is 14.7 Å². The molecule has 1 aromatic carbocycles. The minimum absolute atomic E-state index is 0.124. The minimum Gasteiger partial charge on any atom is -0.458 e. The number of hydrogen-bond donors (Lipinski definition) is 1. The molecule has 3 aromatic rings. The topological polar surface area (TPSA) is 99.9 Å². The number of ether oxygens (including phenoxy) is 3. The summed E-state index contributed by atoms with van der Waals surface area (Å²) in [6.07, 6.45) is 2.65. The minimum atomic E-state index is -1.46. The predicted molar refractivity (Wildman–Crippen MR) is 115 cm³/mol. The Balaban J connectivity index is 1.59. The van der Waals surface area contributed by atoms with E-state index in [2.05, 4.69) is 6.92 Å². The molecule has 0 spiro atoms. The summed E-state index contributed by atoms with van der Waals surface area (Å²) in [5.74, 6) is 0.626. The Labute approximate surface area is 183 Å². The van der Waals surface area contributed by atoms with Crippen LogP contribution in [0.1, 0.15) is 54.5 Å². The predicted octanol–water partition coefficient (Wildman–Crippen LogP) is 2.98. The molecule has 5 heterocycles. The quantitative estimate of drug-likeness (QED) is 0.389. The van der Waals surface area contributed by atoms with E-state index < -0.39 is 12.1 Å². The molecule has 8 heteroatoms. The van der Waals surface area contributed by atoms with Crippen LogP contribution < -0.4 is 15.0 Å². The van der Waals surface area contributed by atoms with Gasteiger partial charge in [-0.05, 0) is 30.5 Å². The van der Waals surface area contributed by atoms with E-state index in [0.717, 1.165) is 47.7 Å². The normalized spacial score (nSPS) is 17.8. The number of carbonyl (C=O) groups is 1. The number of cyclic esters (lactones) is 1. The molecule has 1 atom stereocenters. The fourth-order valence-corrected chi connectivity index (χ4v) is 4.94. The van der Waals surface area contributed by atoms with E-state index in [0.29, 0.717) is 40.6 Å². The molecule has 0 saturated heterocycles. The molecule has 0 aliphatic carbocycles. The number of aromatic nitrogens is 2. The molecule has 164 valence electrons. The number of carbonyl (C=O) groups excluding carboxylic acids is 1. The van der Waals surface area contributed by atoms with Crippen LogP contribution in [-0.2, 0) is 29.1 Å². The van der Waals surface area contributed by atoms with Gasteiger partial charge in [-0.2, -0.15) is 0 Å². The van der Waals surface area contributed by atoms with E-state index in [4.69, 9.17) is 19.2 Å². The van der Waals surface area contributed by atoms with Crippen molar-refractivity contribution in [3.63, 3.8) is 0 Å². The molecular weight excluding hydrogens is 412 g/mol. The molecule has 0 saturated carbocycles. The number of nitrogens with zero attached hydrogens (tertiary/aromatic N) is 2. The number of aliphatic hydroxyl groups excluding tert-OH is 1. The maximum Gasteiger partial charge on any atom is 0.340 e. The van der Waals surface area contributed by atoms with Gasteiger partial charge in [0.25, 0.3) is 5.56 Å². The number of fused-ring (bicyclic) bond motifs is 6. The molecule has 0 fully saturated rings. The summed E-state index contributed by atoms with van der Waals surface area (Å²) < 4.78 is 17.8. The van der Waals surface area contributed by atoms with Crippen molar-refractivity contribution < 1.29 is 24.1 Å². The Kier molecular flexibility index (Phi) is 4.26. The largest absolute Gasteiger partial charge is 0.458 e. The average Bonchev–Trinajstić information content (AvgIpc) is 3.39. The first-order chi connectivity index (χ1) is 15.6. The van der Waals surface area contributed by atoms with Gasteiger partial charge in [0.2, 0.25) is 6.79 Å². The zero-order chi connectivity index (χ0) is 22.0. The van der Waals surface area contributed by atoms with Crippen LogP contribution in [0.15, 0.2) is 23.0 Å². The number of rotatable bonds is 4. The van der Waals surface area contributed by atoms with Crippen LogP contribution in [0.5, 0.6) is 11.5 Å². The number of benzene rings is 1. The Morgan fingerprint density at radius 3 is 2.72 bits per heavy atom. The van der Waals surface area contributed by atoms with Gasteiger partial charge in [0.05, 0.1) is 29.0 Å². The van der Waals surface area contributed by atoms with Gasteiger partial charge >= 0.3 is 5.97 Å². The molecule has 3 aliphatic heterocycles. The van der Waals surface area contributed by atoms with E-state index in [1.165, 1.54) is 0 Å². The van der Waals surface area contributed by atoms with Gasteiger partial charge in [-0.15, -0.1) is 0 Å². The lowest BCUT2D eigenvalue weighted by Gasteiger charge is -2.21. The standard InChI is InChI=1S/C24H22N2O6/c1-2-3-4-5-12-13-7-19-20(32-11-31-19)8-17(13)25-21-15(12)9-26-18(21)6-14-16(23(26)28)10-30-24(29)22(14)27/h6-8,22,27H,2-5,9-11H2,1H3. The summed E-state index contributed by atoms with van der Waals surface area (Å²) in [6.45, 7) is 2.64. The summed E-state index contributed by atoms with van der Waals surface area (Å²) in [4.78, 5) is 30.0. The number of aliphatic hydroxyl groups is 1. The summed E-state index contributed by atoms with van der Waals surface area (Å²) in [5, 5.41) is 11.3. The van der Waals surface area contributed by atoms with Gasteiger partial charge in [-0.25, -0.2) is 9.78 Å². The lowest BCUT2D eigenvalue weighted by molar-refractivity contribution is -0.157. The number of unbranched alkanes of at least 4 members (excludes halogenated alkanes) is 2. The van der Waals surface area contributed by atoms with Crippen molar-refractivity contribution in [3.8, 4) is 22.9 Å². The van der Waals surface area contributed by atoms with Crippen molar-refractivity contribution in [2.24, 2.45) is 0 Å². The smallest absolute Gasteiger partial charge is 0.340 e. The summed E-state index contributed by atoms with van der Waals surface area (Å²) in [7, 11) is 0. The number of hydrogen-bond acceptors (Lipinski definition) is 7. The third-order valence-corrected chi connectivity index (χ3v) is 6.60. The Morgan fingerprint density at radius 2 is 1.91 bits per heavy atom. The van der Waals surface area contributed by atoms with Crippen molar-refractivity contribution in [1.29, 1.82) is 0 Å². The highest BCUT2D eigenvalue weighted by Gasteiger charge is 2.34. The summed E-state index contributed by atoms with van der Waals surface area (Å²) in [5.41, 5.74) is 4.66. The first-order valence-corrected chi connectivity index (χ1v) is 10.9. The van der Waals surface area contributed by atoms with E-state index in [1.54, 1.807) is 10.6 Å². The van der Waals surface area contributed by atoms with E-state index in [-0.39, 0.29) is 19.0 Å². The summed E-state index contributed by atoms with van der Waals surface area (Å²) >= 11 is 0. The monoisotopic (exact) mass is 434 g/mol. The molecule has 1 N–H and O–H groups in total. The second kappa shape index (κ2) is 7.06. The maximum atomic E-state index is 13.2. The van der Waals surface area contributed by atoms with Gasteiger partial charge < -0.3 is 23.9 Å². The van der Waals surface area contributed by atoms with Crippen LogP contribution in [0.2, 0.25) is 0 Å². The number of pyridine rings is 2. The summed E-state index contributed by atoms with van der Waals surface area (Å²) in [6, 6.07) is 5.58. The Bertz CT molecular complexity index is 1360. The van der Waals surface area contributed by atoms with Crippen LogP contribution in [0.3, 0.4) is 0 Å². The zero-order valence-electron chi connectivity index (χ0n) is 17.6. The van der Waals surface area contributed by atoms with Gasteiger partial charge in [0.15, 0.2) is 17.6 Å². The fourth-order valence-electron chi connectivity index (χ4n) is 4.94. The van der Waals surface area contributed by atoms with E-state index >= 15 is 0 Å². The van der Waals surface area contributed by atoms with Crippen molar-refractivity contribution in [2.45, 2.75) is 51.9 Å². The number of aryl methyl sites for hydroxylation is 1. The highest BCUT2D eigenvalue weighted by molar-refractivity contribution is 5.91. The molecule has 6 rings (SSSR count). The fraction of sp³-hybridized carbons (Fsp3) is 0.375. The van der Waals surface area contributed by atoms with Crippen molar-refractivity contribution in [3.05, 3.63) is 50.8 Å². The Morgan fingerprint density at radius 1 is 1.09 bits per heavy atom. The molecule has 0 radical (unpaired) electrons. The van der Waals surface area contributed by atoms with Crippen molar-refractivity contribution >= 4 is 16.9 Å². The zero-order valence-corrected chi connectivity index (χ0v) is 17.6. The number of esters is 1. The van der Waals surface area contributed by atoms with Gasteiger partial charge in [-0.1, -0.05) is 19.8 Å². The second-order valence-corrected chi connectivity index (χ2v) is 8.46. The first-order valence-electron chi connectivity index (χ1n) is 10.9. The van der Waals surface area contributed by atoms with Crippen LogP contribution in [-0.4, -0.2) is 27.4 Å². The Hall–Kier alpha value is -3.39. The van der Waals surface area contributed by atoms with Crippen LogP contribution >= 0.6 is 0 Å². The van der Waals surface area contributed by atoms with Gasteiger partial charge in [-0.3, -0.25) is 4.79 Å². The maximum absolute atomic E-state index is 13.2. The van der Waals surface area contributed by atoms with Gasteiger partial charge in [0, 0.05) is 22.6 Å². The lowest BCUT2D eigenvalue weighted by atomic mass is 9.95. The lowest BCUT2D eigenvalue weighted by Crippen LogP contribution is -2.32. The molecule has 8 nitrogen and oxygen atoms in total. The highest BCUT2D eigenvalue weighted by Crippen LogP contribution is 2.42. The SMILES string of the molecule is CCCCCc1c2c(nc3cc4c(cc13)OCO4)-c1cc3c(c(=O)n1C2)COC(=O)C3O. The first kappa shape index (κ1) is 19.3. The van der Waals surface area contributed by atoms with Crippen molar-refractivity contribution in [2.75, 3.05) is 6.79 Å². The molecular formula is C24H22N2O6. The molecule has 32 heavy (non-hydrogen) atoms. The molecule has 0 amide bonds.